The molecule has 2 atom stereocenters. The average molecular weight is 248 g/mol. The molecule has 2 unspecified atom stereocenters. The van der Waals surface area contributed by atoms with E-state index in [-0.39, 0.29) is 12.1 Å². The fraction of sp³-hybridized carbons (Fsp3) is 0.462. The summed E-state index contributed by atoms with van der Waals surface area (Å²) in [6.07, 6.45) is 5.00. The van der Waals surface area contributed by atoms with Crippen LogP contribution in [-0.2, 0) is 0 Å². The van der Waals surface area contributed by atoms with Crippen LogP contribution in [0.25, 0.3) is 0 Å². The molecule has 1 aromatic rings. The molecule has 1 fully saturated rings. The van der Waals surface area contributed by atoms with Crippen LogP contribution in [0.5, 0.6) is 5.75 Å². The Morgan fingerprint density at radius 2 is 2.29 bits per heavy atom. The third-order valence-corrected chi connectivity index (χ3v) is 3.82. The molecule has 90 valence electrons. The van der Waals surface area contributed by atoms with Crippen LogP contribution in [0, 0.1) is 11.3 Å². The molecule has 2 N–H and O–H groups in total. The first-order valence-corrected chi connectivity index (χ1v) is 6.96. The van der Waals surface area contributed by atoms with Gasteiger partial charge in [-0.05, 0) is 37.7 Å². The molecule has 3 nitrogen and oxygen atoms in total. The monoisotopic (exact) mass is 248 g/mol. The molecule has 0 heterocycles. The summed E-state index contributed by atoms with van der Waals surface area (Å²) in [7, 11) is 0. The molecule has 0 saturated heterocycles. The average Bonchev–Trinajstić information content (AvgIpc) is 2.74. The van der Waals surface area contributed by atoms with Crippen molar-refractivity contribution in [3.8, 4) is 11.8 Å². The molecule has 17 heavy (non-hydrogen) atoms. The van der Waals surface area contributed by atoms with Crippen molar-refractivity contribution in [3.05, 3.63) is 23.8 Å². The maximum atomic E-state index is 9.19. The molecule has 1 aromatic carbocycles. The summed E-state index contributed by atoms with van der Waals surface area (Å²) >= 11 is 1.57. The lowest BCUT2D eigenvalue weighted by molar-refractivity contribution is 0.207. The molecule has 0 bridgehead atoms. The number of rotatable bonds is 3. The first-order chi connectivity index (χ1) is 8.24. The van der Waals surface area contributed by atoms with E-state index in [1.165, 1.54) is 0 Å². The van der Waals surface area contributed by atoms with Gasteiger partial charge in [0.05, 0.1) is 0 Å². The van der Waals surface area contributed by atoms with Crippen molar-refractivity contribution >= 4 is 11.8 Å². The van der Waals surface area contributed by atoms with Gasteiger partial charge in [-0.2, -0.15) is 5.26 Å². The Labute approximate surface area is 106 Å². The zero-order valence-corrected chi connectivity index (χ0v) is 10.7. The Morgan fingerprint density at radius 1 is 1.47 bits per heavy atom. The number of benzene rings is 1. The van der Waals surface area contributed by atoms with Gasteiger partial charge < -0.3 is 10.5 Å². The normalized spacial score (nSPS) is 23.4. The number of hydrogen-bond acceptors (Lipinski definition) is 4. The molecule has 0 aromatic heterocycles. The minimum absolute atomic E-state index is 0.161. The third kappa shape index (κ3) is 2.74. The number of thioether (sulfide) groups is 1. The second kappa shape index (κ2) is 5.44. The Bertz CT molecular complexity index is 442. The second-order valence-electron chi connectivity index (χ2n) is 4.26. The molecule has 0 radical (unpaired) electrons. The molecule has 1 aliphatic carbocycles. The number of nitrogens with zero attached hydrogens (tertiary/aromatic N) is 1. The summed E-state index contributed by atoms with van der Waals surface area (Å²) in [4.78, 5) is 0.965. The lowest BCUT2D eigenvalue weighted by atomic mass is 10.2. The lowest BCUT2D eigenvalue weighted by Gasteiger charge is -2.15. The highest BCUT2D eigenvalue weighted by Gasteiger charge is 2.24. The van der Waals surface area contributed by atoms with E-state index in [0.717, 1.165) is 24.2 Å². The predicted octanol–water partition coefficient (Wildman–Crippen LogP) is 2.54. The lowest BCUT2D eigenvalue weighted by Crippen LogP contribution is -2.19. The van der Waals surface area contributed by atoms with Crippen LogP contribution in [0.3, 0.4) is 0 Å². The van der Waals surface area contributed by atoms with E-state index in [2.05, 4.69) is 6.07 Å². The van der Waals surface area contributed by atoms with Gasteiger partial charge in [0.2, 0.25) is 0 Å². The molecule has 1 saturated carbocycles. The largest absolute Gasteiger partial charge is 0.489 e. The first kappa shape index (κ1) is 12.3. The van der Waals surface area contributed by atoms with Crippen LogP contribution < -0.4 is 10.5 Å². The van der Waals surface area contributed by atoms with E-state index in [4.69, 9.17) is 10.5 Å². The molecule has 0 aliphatic heterocycles. The van der Waals surface area contributed by atoms with Gasteiger partial charge in [0, 0.05) is 10.9 Å². The SMILES string of the molecule is CSc1cccc(OC2CCC(N)C2)c1C#N. The van der Waals surface area contributed by atoms with Crippen LogP contribution in [0.15, 0.2) is 23.1 Å². The van der Waals surface area contributed by atoms with Crippen molar-refractivity contribution < 1.29 is 4.74 Å². The second-order valence-corrected chi connectivity index (χ2v) is 5.11. The number of nitriles is 1. The topological polar surface area (TPSA) is 59.0 Å². The summed E-state index contributed by atoms with van der Waals surface area (Å²) in [6, 6.07) is 8.20. The summed E-state index contributed by atoms with van der Waals surface area (Å²) in [5.74, 6) is 0.693. The highest BCUT2D eigenvalue weighted by Crippen LogP contribution is 2.31. The Morgan fingerprint density at radius 3 is 2.88 bits per heavy atom. The van der Waals surface area contributed by atoms with Crippen LogP contribution in [0.4, 0.5) is 0 Å². The smallest absolute Gasteiger partial charge is 0.138 e. The number of nitrogens with two attached hydrogens (primary N) is 1. The molecular formula is C13H16N2OS. The zero-order valence-electron chi connectivity index (χ0n) is 9.85. The van der Waals surface area contributed by atoms with E-state index >= 15 is 0 Å². The van der Waals surface area contributed by atoms with E-state index in [0.29, 0.717) is 11.3 Å². The van der Waals surface area contributed by atoms with Gasteiger partial charge in [0.15, 0.2) is 0 Å². The summed E-state index contributed by atoms with van der Waals surface area (Å²) in [5, 5.41) is 9.19. The minimum Gasteiger partial charge on any atom is -0.489 e. The van der Waals surface area contributed by atoms with Crippen LogP contribution in [0.2, 0.25) is 0 Å². The van der Waals surface area contributed by atoms with Gasteiger partial charge in [-0.1, -0.05) is 6.07 Å². The van der Waals surface area contributed by atoms with Gasteiger partial charge in [-0.25, -0.2) is 0 Å². The van der Waals surface area contributed by atoms with Crippen molar-refractivity contribution in [2.45, 2.75) is 36.3 Å². The summed E-state index contributed by atoms with van der Waals surface area (Å²) in [6.45, 7) is 0. The van der Waals surface area contributed by atoms with Gasteiger partial charge in [-0.3, -0.25) is 0 Å². The van der Waals surface area contributed by atoms with Crippen molar-refractivity contribution in [1.82, 2.24) is 0 Å². The van der Waals surface area contributed by atoms with E-state index < -0.39 is 0 Å². The Balaban J connectivity index is 2.18. The fourth-order valence-electron chi connectivity index (χ4n) is 2.15. The minimum atomic E-state index is 0.161. The van der Waals surface area contributed by atoms with Crippen LogP contribution in [-0.4, -0.2) is 18.4 Å². The van der Waals surface area contributed by atoms with Crippen LogP contribution in [0.1, 0.15) is 24.8 Å². The van der Waals surface area contributed by atoms with Gasteiger partial charge in [-0.15, -0.1) is 11.8 Å². The summed E-state index contributed by atoms with van der Waals surface area (Å²) in [5.41, 5.74) is 6.50. The maximum Gasteiger partial charge on any atom is 0.138 e. The molecule has 2 rings (SSSR count). The predicted molar refractivity (Wildman–Crippen MR) is 69.2 cm³/mol. The van der Waals surface area contributed by atoms with E-state index in [1.807, 2.05) is 24.5 Å². The van der Waals surface area contributed by atoms with Crippen molar-refractivity contribution in [2.24, 2.45) is 5.73 Å². The van der Waals surface area contributed by atoms with Gasteiger partial charge in [0.25, 0.3) is 0 Å². The molecular weight excluding hydrogens is 232 g/mol. The number of hydrogen-bond donors (Lipinski definition) is 1. The van der Waals surface area contributed by atoms with Gasteiger partial charge >= 0.3 is 0 Å². The molecule has 0 amide bonds. The Kier molecular flexibility index (Phi) is 3.93. The molecule has 1 aliphatic rings. The quantitative estimate of drug-likeness (QED) is 0.835. The fourth-order valence-corrected chi connectivity index (χ4v) is 2.71. The van der Waals surface area contributed by atoms with E-state index in [1.54, 1.807) is 11.8 Å². The van der Waals surface area contributed by atoms with Crippen LogP contribution >= 0.6 is 11.8 Å². The van der Waals surface area contributed by atoms with Gasteiger partial charge in [0.1, 0.15) is 23.5 Å². The first-order valence-electron chi connectivity index (χ1n) is 5.74. The molecule has 4 heteroatoms. The van der Waals surface area contributed by atoms with Crippen molar-refractivity contribution in [2.75, 3.05) is 6.26 Å². The van der Waals surface area contributed by atoms with E-state index in [9.17, 15) is 5.26 Å². The van der Waals surface area contributed by atoms with Crippen molar-refractivity contribution in [3.63, 3.8) is 0 Å². The van der Waals surface area contributed by atoms with Crippen molar-refractivity contribution in [1.29, 1.82) is 5.26 Å². The molecule has 0 spiro atoms. The highest BCUT2D eigenvalue weighted by atomic mass is 32.2. The summed E-state index contributed by atoms with van der Waals surface area (Å²) < 4.78 is 5.89. The highest BCUT2D eigenvalue weighted by molar-refractivity contribution is 7.98. The zero-order chi connectivity index (χ0) is 12.3. The number of ether oxygens (including phenoxy) is 1. The Hall–Kier alpha value is -1.18. The maximum absolute atomic E-state index is 9.19. The third-order valence-electron chi connectivity index (χ3n) is 3.04. The standard InChI is InChI=1S/C13H16N2OS/c1-17-13-4-2-3-12(11(13)8-14)16-10-6-5-9(15)7-10/h2-4,9-10H,5-7,15H2,1H3.